The van der Waals surface area contributed by atoms with Gasteiger partial charge in [-0.25, -0.2) is 15.0 Å². The van der Waals surface area contributed by atoms with Gasteiger partial charge in [0.25, 0.3) is 0 Å². The monoisotopic (exact) mass is 246 g/mol. The van der Waals surface area contributed by atoms with Crippen LogP contribution in [0.3, 0.4) is 0 Å². The molecule has 0 saturated carbocycles. The van der Waals surface area contributed by atoms with E-state index in [1.54, 1.807) is 6.33 Å². The van der Waals surface area contributed by atoms with Gasteiger partial charge in [0.2, 0.25) is 0 Å². The fourth-order valence-electron chi connectivity index (χ4n) is 2.26. The van der Waals surface area contributed by atoms with Crippen molar-refractivity contribution in [3.8, 4) is 11.1 Å². The summed E-state index contributed by atoms with van der Waals surface area (Å²) >= 11 is 0. The third-order valence-corrected chi connectivity index (χ3v) is 3.24. The number of hydrogen-bond acceptors (Lipinski definition) is 3. The molecule has 4 nitrogen and oxygen atoms in total. The zero-order valence-corrected chi connectivity index (χ0v) is 10.0. The van der Waals surface area contributed by atoms with Crippen molar-refractivity contribution in [1.29, 1.82) is 0 Å². The van der Waals surface area contributed by atoms with E-state index in [1.165, 1.54) is 0 Å². The highest BCUT2D eigenvalue weighted by molar-refractivity contribution is 5.86. The van der Waals surface area contributed by atoms with Gasteiger partial charge < -0.3 is 4.98 Å². The Labute approximate surface area is 109 Å². The van der Waals surface area contributed by atoms with Crippen molar-refractivity contribution in [3.05, 3.63) is 55.2 Å². The molecule has 0 aliphatic rings. The Balaban J connectivity index is 1.92. The number of nitrogens with zero attached hydrogens (tertiary/aromatic N) is 3. The molecule has 0 unspecified atom stereocenters. The Morgan fingerprint density at radius 2 is 1.79 bits per heavy atom. The Kier molecular flexibility index (Phi) is 2.08. The Morgan fingerprint density at radius 1 is 0.842 bits per heavy atom. The normalized spacial score (nSPS) is 11.2. The van der Waals surface area contributed by atoms with Gasteiger partial charge in [-0.15, -0.1) is 0 Å². The molecule has 0 aliphatic carbocycles. The summed E-state index contributed by atoms with van der Waals surface area (Å²) < 4.78 is 0. The lowest BCUT2D eigenvalue weighted by atomic mass is 10.0. The molecule has 19 heavy (non-hydrogen) atoms. The van der Waals surface area contributed by atoms with Gasteiger partial charge in [-0.3, -0.25) is 0 Å². The summed E-state index contributed by atoms with van der Waals surface area (Å²) in [5.41, 5.74) is 4.08. The quantitative estimate of drug-likeness (QED) is 0.561. The van der Waals surface area contributed by atoms with Crippen LogP contribution in [-0.4, -0.2) is 19.9 Å². The summed E-state index contributed by atoms with van der Waals surface area (Å²) in [4.78, 5) is 15.8. The molecule has 0 radical (unpaired) electrons. The number of aromatic amines is 1. The van der Waals surface area contributed by atoms with Crippen molar-refractivity contribution >= 4 is 21.9 Å². The second-order valence-corrected chi connectivity index (χ2v) is 4.44. The minimum Gasteiger partial charge on any atom is -0.346 e. The van der Waals surface area contributed by atoms with Crippen molar-refractivity contribution in [2.75, 3.05) is 0 Å². The van der Waals surface area contributed by atoms with Crippen molar-refractivity contribution in [2.24, 2.45) is 0 Å². The van der Waals surface area contributed by atoms with E-state index in [0.717, 1.165) is 33.1 Å². The van der Waals surface area contributed by atoms with E-state index in [-0.39, 0.29) is 0 Å². The van der Waals surface area contributed by atoms with Gasteiger partial charge in [0.15, 0.2) is 0 Å². The van der Waals surface area contributed by atoms with E-state index in [0.29, 0.717) is 0 Å². The lowest BCUT2D eigenvalue weighted by Crippen LogP contribution is -1.84. The molecule has 0 aliphatic heterocycles. The Hall–Kier alpha value is -2.75. The highest BCUT2D eigenvalue weighted by Crippen LogP contribution is 2.24. The van der Waals surface area contributed by atoms with Crippen LogP contribution >= 0.6 is 0 Å². The number of H-pyrrole nitrogens is 1. The largest absolute Gasteiger partial charge is 0.346 e. The average Bonchev–Trinajstić information content (AvgIpc) is 2.94. The molecule has 0 amide bonds. The number of pyridine rings is 1. The smallest absolute Gasteiger partial charge is 0.137 e. The second-order valence-electron chi connectivity index (χ2n) is 4.44. The minimum absolute atomic E-state index is 0.910. The summed E-state index contributed by atoms with van der Waals surface area (Å²) in [6, 6.07) is 10.3. The standard InChI is InChI=1S/C15H10N4/c1-2-14-13(7-16-9-19-14)5-10(1)12-6-11-3-4-17-15(11)18-8-12/h1-9H,(H,17,18). The lowest BCUT2D eigenvalue weighted by molar-refractivity contribution is 1.22. The summed E-state index contributed by atoms with van der Waals surface area (Å²) in [6.45, 7) is 0. The minimum atomic E-state index is 0.910. The van der Waals surface area contributed by atoms with Gasteiger partial charge >= 0.3 is 0 Å². The van der Waals surface area contributed by atoms with Crippen LogP contribution in [0.5, 0.6) is 0 Å². The number of benzene rings is 1. The van der Waals surface area contributed by atoms with E-state index in [9.17, 15) is 0 Å². The van der Waals surface area contributed by atoms with Crippen molar-refractivity contribution in [2.45, 2.75) is 0 Å². The fourth-order valence-corrected chi connectivity index (χ4v) is 2.26. The molecule has 4 aromatic rings. The molecule has 0 atom stereocenters. The SMILES string of the molecule is c1ncc2cc(-c3cnc4[nH]ccc4c3)ccc2n1. The van der Waals surface area contributed by atoms with Crippen LogP contribution in [0.4, 0.5) is 0 Å². The van der Waals surface area contributed by atoms with Crippen molar-refractivity contribution < 1.29 is 0 Å². The highest BCUT2D eigenvalue weighted by Gasteiger charge is 2.03. The molecule has 0 bridgehead atoms. The topological polar surface area (TPSA) is 54.5 Å². The first-order valence-electron chi connectivity index (χ1n) is 6.03. The summed E-state index contributed by atoms with van der Waals surface area (Å²) in [5, 5.41) is 2.15. The van der Waals surface area contributed by atoms with Gasteiger partial charge in [-0.2, -0.15) is 0 Å². The molecule has 4 heteroatoms. The molecule has 0 fully saturated rings. The maximum atomic E-state index is 4.41. The average molecular weight is 246 g/mol. The van der Waals surface area contributed by atoms with Crippen LogP contribution in [0.25, 0.3) is 33.1 Å². The molecule has 3 aromatic heterocycles. The number of aromatic nitrogens is 4. The fraction of sp³-hybridized carbons (Fsp3) is 0. The van der Waals surface area contributed by atoms with Gasteiger partial charge in [0.05, 0.1) is 5.52 Å². The van der Waals surface area contributed by atoms with Crippen LogP contribution in [0.15, 0.2) is 55.2 Å². The molecular weight excluding hydrogens is 236 g/mol. The van der Waals surface area contributed by atoms with Gasteiger partial charge in [-0.05, 0) is 29.8 Å². The number of hydrogen-bond donors (Lipinski definition) is 1. The molecular formula is C15H10N4. The molecule has 0 spiro atoms. The van der Waals surface area contributed by atoms with Crippen LogP contribution < -0.4 is 0 Å². The predicted octanol–water partition coefficient (Wildman–Crippen LogP) is 3.17. The van der Waals surface area contributed by atoms with E-state index in [4.69, 9.17) is 0 Å². The third kappa shape index (κ3) is 1.65. The molecule has 1 N–H and O–H groups in total. The van der Waals surface area contributed by atoms with Gasteiger partial charge in [-0.1, -0.05) is 6.07 Å². The van der Waals surface area contributed by atoms with Gasteiger partial charge in [0.1, 0.15) is 12.0 Å². The van der Waals surface area contributed by atoms with Crippen LogP contribution in [0, 0.1) is 0 Å². The summed E-state index contributed by atoms with van der Waals surface area (Å²) in [7, 11) is 0. The molecule has 3 heterocycles. The van der Waals surface area contributed by atoms with Crippen molar-refractivity contribution in [3.63, 3.8) is 0 Å². The Morgan fingerprint density at radius 3 is 2.79 bits per heavy atom. The van der Waals surface area contributed by atoms with Crippen LogP contribution in [-0.2, 0) is 0 Å². The molecule has 4 rings (SSSR count). The first kappa shape index (κ1) is 10.2. The first-order valence-corrected chi connectivity index (χ1v) is 6.03. The third-order valence-electron chi connectivity index (χ3n) is 3.24. The number of fused-ring (bicyclic) bond motifs is 2. The van der Waals surface area contributed by atoms with E-state index in [1.807, 2.05) is 30.7 Å². The van der Waals surface area contributed by atoms with Crippen LogP contribution in [0.1, 0.15) is 0 Å². The van der Waals surface area contributed by atoms with E-state index in [2.05, 4.69) is 38.1 Å². The summed E-state index contributed by atoms with van der Waals surface area (Å²) in [5.74, 6) is 0. The van der Waals surface area contributed by atoms with Crippen molar-refractivity contribution in [1.82, 2.24) is 19.9 Å². The predicted molar refractivity (Wildman–Crippen MR) is 74.6 cm³/mol. The molecule has 90 valence electrons. The Bertz CT molecular complexity index is 879. The van der Waals surface area contributed by atoms with E-state index >= 15 is 0 Å². The molecule has 0 saturated heterocycles. The lowest BCUT2D eigenvalue weighted by Gasteiger charge is -2.03. The first-order chi connectivity index (χ1) is 9.40. The maximum absolute atomic E-state index is 4.41. The zero-order valence-electron chi connectivity index (χ0n) is 10.0. The summed E-state index contributed by atoms with van der Waals surface area (Å²) in [6.07, 6.45) is 7.17. The zero-order chi connectivity index (χ0) is 12.7. The second kappa shape index (κ2) is 3.88. The number of nitrogens with one attached hydrogen (secondary N) is 1. The van der Waals surface area contributed by atoms with E-state index < -0.39 is 0 Å². The molecule has 1 aromatic carbocycles. The highest BCUT2D eigenvalue weighted by atomic mass is 14.8. The number of rotatable bonds is 1. The van der Waals surface area contributed by atoms with Crippen LogP contribution in [0.2, 0.25) is 0 Å². The van der Waals surface area contributed by atoms with Gasteiger partial charge in [0, 0.05) is 34.9 Å². The maximum Gasteiger partial charge on any atom is 0.137 e.